The highest BCUT2D eigenvalue weighted by atomic mass is 16.5. The van der Waals surface area contributed by atoms with Gasteiger partial charge in [0.1, 0.15) is 12.1 Å². The SMILES string of the molecule is COc1ccc(C(c2ccccc2)[C@@H](C(=O)[C@H](C(c2ccccc2)c2ccc(OC)c(OC)c2)N2C(=O)c3ccccc3C2=O)N2C(=O)c3ccccc3C2=O)cc1OC. The summed E-state index contributed by atoms with van der Waals surface area (Å²) in [6.07, 6.45) is 0. The van der Waals surface area contributed by atoms with Gasteiger partial charge in [0.2, 0.25) is 0 Å². The maximum atomic E-state index is 16.6. The van der Waals surface area contributed by atoms with Crippen LogP contribution in [0.25, 0.3) is 0 Å². The van der Waals surface area contributed by atoms with Gasteiger partial charge in [0, 0.05) is 11.8 Å². The van der Waals surface area contributed by atoms with E-state index in [1.807, 2.05) is 12.1 Å². The molecule has 4 atom stereocenters. The number of nitrogens with zero attached hydrogens (tertiary/aromatic N) is 2. The number of imide groups is 2. The molecule has 6 aromatic rings. The molecule has 0 radical (unpaired) electrons. The summed E-state index contributed by atoms with van der Waals surface area (Å²) in [4.78, 5) is 77.8. The molecule has 0 aliphatic carbocycles. The van der Waals surface area contributed by atoms with Gasteiger partial charge in [-0.1, -0.05) is 97.1 Å². The van der Waals surface area contributed by atoms with Crippen LogP contribution in [0.3, 0.4) is 0 Å². The Hall–Kier alpha value is -7.53. The Morgan fingerprint density at radius 3 is 0.983 bits per heavy atom. The van der Waals surface area contributed by atoms with Gasteiger partial charge in [0.15, 0.2) is 28.8 Å². The minimum Gasteiger partial charge on any atom is -0.493 e. The average molecular weight is 801 g/mol. The lowest BCUT2D eigenvalue weighted by atomic mass is 9.75. The van der Waals surface area contributed by atoms with E-state index in [9.17, 15) is 19.2 Å². The van der Waals surface area contributed by atoms with Crippen molar-refractivity contribution in [1.82, 2.24) is 9.80 Å². The molecule has 0 N–H and O–H groups in total. The lowest BCUT2D eigenvalue weighted by molar-refractivity contribution is -0.127. The van der Waals surface area contributed by atoms with E-state index in [1.165, 1.54) is 28.4 Å². The fourth-order valence-corrected chi connectivity index (χ4v) is 8.50. The maximum absolute atomic E-state index is 16.6. The van der Waals surface area contributed by atoms with E-state index in [1.54, 1.807) is 133 Å². The van der Waals surface area contributed by atoms with Crippen molar-refractivity contribution >= 4 is 29.4 Å². The zero-order chi connectivity index (χ0) is 42.1. The third-order valence-corrected chi connectivity index (χ3v) is 11.3. The molecule has 0 fully saturated rings. The van der Waals surface area contributed by atoms with Crippen molar-refractivity contribution in [1.29, 1.82) is 0 Å². The third-order valence-electron chi connectivity index (χ3n) is 11.3. The standard InChI is InChI=1S/C49H40N2O9/c1-57-37-25-23-31(27-39(37)59-3)41(29-15-7-5-8-16-29)43(50-46(53)33-19-11-12-20-34(33)47(50)54)45(52)44(51-48(55)35-21-13-14-22-36(35)49(51)56)42(30-17-9-6-10-18-30)32-24-26-38(58-2)40(28-32)60-4/h5-28,41-44H,1-4H3/t41?,42?,43-,44-/m0/s1. The molecule has 60 heavy (non-hydrogen) atoms. The Balaban J connectivity index is 1.44. The van der Waals surface area contributed by atoms with Gasteiger partial charge in [-0.05, 0) is 70.8 Å². The van der Waals surface area contributed by atoms with E-state index < -0.39 is 53.3 Å². The lowest BCUT2D eigenvalue weighted by Gasteiger charge is -2.40. The number of carbonyl (C=O) groups is 5. The van der Waals surface area contributed by atoms with Crippen molar-refractivity contribution in [3.63, 3.8) is 0 Å². The van der Waals surface area contributed by atoms with Crippen LogP contribution in [0.15, 0.2) is 146 Å². The van der Waals surface area contributed by atoms with Gasteiger partial charge in [0.05, 0.1) is 50.7 Å². The molecule has 2 aliphatic heterocycles. The van der Waals surface area contributed by atoms with E-state index >= 15 is 4.79 Å². The number of benzene rings is 6. The van der Waals surface area contributed by atoms with E-state index in [2.05, 4.69) is 0 Å². The van der Waals surface area contributed by atoms with Gasteiger partial charge in [-0.15, -0.1) is 0 Å². The molecule has 11 heteroatoms. The summed E-state index contributed by atoms with van der Waals surface area (Å²) < 4.78 is 22.6. The maximum Gasteiger partial charge on any atom is 0.262 e. The summed E-state index contributed by atoms with van der Waals surface area (Å²) in [5.41, 5.74) is 2.63. The highest BCUT2D eigenvalue weighted by Crippen LogP contribution is 2.44. The fourth-order valence-electron chi connectivity index (χ4n) is 8.50. The molecular weight excluding hydrogens is 761 g/mol. The number of ketones is 1. The van der Waals surface area contributed by atoms with Crippen molar-refractivity contribution in [2.24, 2.45) is 0 Å². The van der Waals surface area contributed by atoms with Crippen molar-refractivity contribution in [3.8, 4) is 23.0 Å². The third kappa shape index (κ3) is 6.63. The molecule has 8 rings (SSSR count). The number of ether oxygens (including phenoxy) is 4. The summed E-state index contributed by atoms with van der Waals surface area (Å²) in [7, 11) is 5.97. The Bertz CT molecular complexity index is 2390. The Kier molecular flexibility index (Phi) is 10.7. The molecule has 2 aliphatic rings. The molecule has 2 unspecified atom stereocenters. The molecular formula is C49H40N2O9. The summed E-state index contributed by atoms with van der Waals surface area (Å²) in [6, 6.07) is 37.8. The number of hydrogen-bond donors (Lipinski definition) is 0. The topological polar surface area (TPSA) is 129 Å². The number of carbonyl (C=O) groups excluding carboxylic acids is 5. The first-order valence-electron chi connectivity index (χ1n) is 19.2. The normalized spacial score (nSPS) is 15.2. The first kappa shape index (κ1) is 39.3. The fraction of sp³-hybridized carbons (Fsp3) is 0.163. The van der Waals surface area contributed by atoms with Gasteiger partial charge in [-0.3, -0.25) is 33.8 Å². The average Bonchev–Trinajstić information content (AvgIpc) is 3.70. The second-order valence-electron chi connectivity index (χ2n) is 14.3. The van der Waals surface area contributed by atoms with Crippen LogP contribution in [-0.4, -0.2) is 79.7 Å². The van der Waals surface area contributed by atoms with Crippen LogP contribution in [0, 0.1) is 0 Å². The number of hydrogen-bond acceptors (Lipinski definition) is 9. The summed E-state index contributed by atoms with van der Waals surface area (Å²) in [5, 5.41) is 0. The zero-order valence-electron chi connectivity index (χ0n) is 33.2. The van der Waals surface area contributed by atoms with Gasteiger partial charge in [-0.2, -0.15) is 0 Å². The van der Waals surface area contributed by atoms with E-state index in [4.69, 9.17) is 18.9 Å². The molecule has 11 nitrogen and oxygen atoms in total. The Labute approximate surface area is 346 Å². The first-order valence-corrected chi connectivity index (χ1v) is 19.2. The first-order chi connectivity index (χ1) is 29.2. The highest BCUT2D eigenvalue weighted by molar-refractivity contribution is 6.25. The summed E-state index contributed by atoms with van der Waals surface area (Å²) in [5.74, 6) is -4.12. The van der Waals surface area contributed by atoms with Gasteiger partial charge in [0.25, 0.3) is 23.6 Å². The van der Waals surface area contributed by atoms with Crippen LogP contribution >= 0.6 is 0 Å². The molecule has 6 aromatic carbocycles. The van der Waals surface area contributed by atoms with Gasteiger partial charge in [-0.25, -0.2) is 0 Å². The molecule has 300 valence electrons. The van der Waals surface area contributed by atoms with Crippen LogP contribution in [0.5, 0.6) is 23.0 Å². The molecule has 0 saturated heterocycles. The smallest absolute Gasteiger partial charge is 0.262 e. The predicted octanol–water partition coefficient (Wildman–Crippen LogP) is 7.58. The lowest BCUT2D eigenvalue weighted by Crippen LogP contribution is -2.58. The van der Waals surface area contributed by atoms with Crippen LogP contribution in [0.2, 0.25) is 0 Å². The van der Waals surface area contributed by atoms with Crippen molar-refractivity contribution in [2.75, 3.05) is 28.4 Å². The minimum atomic E-state index is -1.64. The largest absolute Gasteiger partial charge is 0.493 e. The van der Waals surface area contributed by atoms with E-state index in [0.717, 1.165) is 9.80 Å². The van der Waals surface area contributed by atoms with Gasteiger partial charge < -0.3 is 18.9 Å². The molecule has 4 amide bonds. The quantitative estimate of drug-likeness (QED) is 0.102. The Morgan fingerprint density at radius 1 is 0.383 bits per heavy atom. The highest BCUT2D eigenvalue weighted by Gasteiger charge is 2.54. The second-order valence-corrected chi connectivity index (χ2v) is 14.3. The number of fused-ring (bicyclic) bond motifs is 2. The summed E-state index contributed by atoms with van der Waals surface area (Å²) in [6.45, 7) is 0. The second kappa shape index (κ2) is 16.4. The van der Waals surface area contributed by atoms with E-state index in [-0.39, 0.29) is 22.3 Å². The molecule has 0 aromatic heterocycles. The molecule has 2 heterocycles. The minimum absolute atomic E-state index is 0.121. The van der Waals surface area contributed by atoms with Crippen molar-refractivity contribution in [2.45, 2.75) is 23.9 Å². The van der Waals surface area contributed by atoms with Crippen LogP contribution in [0.4, 0.5) is 0 Å². The monoisotopic (exact) mass is 800 g/mol. The van der Waals surface area contributed by atoms with Crippen molar-refractivity contribution < 1.29 is 42.9 Å². The molecule has 0 saturated carbocycles. The Morgan fingerprint density at radius 2 is 0.683 bits per heavy atom. The van der Waals surface area contributed by atoms with E-state index in [0.29, 0.717) is 45.3 Å². The summed E-state index contributed by atoms with van der Waals surface area (Å²) >= 11 is 0. The van der Waals surface area contributed by atoms with Crippen LogP contribution in [-0.2, 0) is 4.79 Å². The van der Waals surface area contributed by atoms with Crippen molar-refractivity contribution in [3.05, 3.63) is 190 Å². The van der Waals surface area contributed by atoms with Gasteiger partial charge >= 0.3 is 0 Å². The number of amides is 4. The number of Topliss-reactive ketones (excluding diaryl/α,β-unsaturated/α-hetero) is 1. The number of rotatable bonds is 14. The van der Waals surface area contributed by atoms with Crippen LogP contribution in [0.1, 0.15) is 75.5 Å². The zero-order valence-corrected chi connectivity index (χ0v) is 33.2. The number of methoxy groups -OCH3 is 4. The predicted molar refractivity (Wildman–Crippen MR) is 222 cm³/mol. The molecule has 0 spiro atoms. The van der Waals surface area contributed by atoms with Crippen LogP contribution < -0.4 is 18.9 Å². The molecule has 0 bridgehead atoms.